The van der Waals surface area contributed by atoms with Gasteiger partial charge in [0.25, 0.3) is 5.78 Å². The maximum Gasteiger partial charge on any atom is 0.345 e. The Morgan fingerprint density at radius 3 is 2.53 bits per heavy atom. The Morgan fingerprint density at radius 2 is 1.80 bits per heavy atom. The Kier molecular flexibility index (Phi) is 6.06. The zero-order valence-electron chi connectivity index (χ0n) is 16.3. The molecule has 2 aliphatic heterocycles. The van der Waals surface area contributed by atoms with Gasteiger partial charge in [-0.15, -0.1) is 0 Å². The van der Waals surface area contributed by atoms with Crippen LogP contribution in [0.5, 0.6) is 0 Å². The van der Waals surface area contributed by atoms with Crippen LogP contribution < -0.4 is 10.2 Å². The van der Waals surface area contributed by atoms with Crippen LogP contribution in [-0.2, 0) is 4.79 Å². The minimum Gasteiger partial charge on any atom is -0.306 e. The number of amides is 3. The van der Waals surface area contributed by atoms with Crippen LogP contribution in [0.25, 0.3) is 0 Å². The van der Waals surface area contributed by atoms with E-state index in [0.717, 1.165) is 36.0 Å². The number of piperidine rings is 1. The second-order valence-corrected chi connectivity index (χ2v) is 8.27. The first-order valence-corrected chi connectivity index (χ1v) is 10.6. The number of nitrogens with one attached hydrogen (secondary N) is 1. The van der Waals surface area contributed by atoms with Crippen LogP contribution in [0.2, 0.25) is 0 Å². The number of fused-ring (bicyclic) bond motifs is 1. The minimum absolute atomic E-state index is 0.312. The maximum atomic E-state index is 12.5. The molecule has 0 aromatic heterocycles. The lowest BCUT2D eigenvalue weighted by Crippen LogP contribution is -2.43. The molecule has 1 N–H and O–H groups in total. The third-order valence-corrected chi connectivity index (χ3v) is 5.74. The van der Waals surface area contributed by atoms with E-state index in [4.69, 9.17) is 0 Å². The molecule has 2 aliphatic rings. The molecule has 154 valence electrons. The highest BCUT2D eigenvalue weighted by atomic mass is 79.9. The maximum absolute atomic E-state index is 12.5. The van der Waals surface area contributed by atoms with Gasteiger partial charge < -0.3 is 5.32 Å². The highest BCUT2D eigenvalue weighted by Gasteiger charge is 2.37. The van der Waals surface area contributed by atoms with Gasteiger partial charge in [0.1, 0.15) is 0 Å². The number of halogens is 1. The molecule has 2 aromatic carbocycles. The van der Waals surface area contributed by atoms with Crippen molar-refractivity contribution in [2.24, 2.45) is 4.99 Å². The molecule has 3 amide bonds. The van der Waals surface area contributed by atoms with E-state index in [1.807, 2.05) is 24.3 Å². The number of likely N-dealkylation sites (tertiary alicyclic amines) is 1. The van der Waals surface area contributed by atoms with E-state index in [1.54, 1.807) is 18.2 Å². The summed E-state index contributed by atoms with van der Waals surface area (Å²) in [4.78, 5) is 44.7. The second kappa shape index (κ2) is 8.89. The largest absolute Gasteiger partial charge is 0.345 e. The van der Waals surface area contributed by atoms with Crippen molar-refractivity contribution in [1.29, 1.82) is 0 Å². The molecular formula is C22H21BrN4O3. The van der Waals surface area contributed by atoms with E-state index in [0.29, 0.717) is 23.6 Å². The molecule has 8 heteroatoms. The number of rotatable bonds is 4. The van der Waals surface area contributed by atoms with E-state index in [2.05, 4.69) is 31.1 Å². The molecule has 0 atom stereocenters. The lowest BCUT2D eigenvalue weighted by atomic mass is 10.1. The molecule has 30 heavy (non-hydrogen) atoms. The van der Waals surface area contributed by atoms with Crippen LogP contribution in [0.3, 0.4) is 0 Å². The Bertz CT molecular complexity index is 1010. The summed E-state index contributed by atoms with van der Waals surface area (Å²) in [6.07, 6.45) is 4.88. The smallest absolute Gasteiger partial charge is 0.306 e. The van der Waals surface area contributed by atoms with Crippen LogP contribution in [0, 0.1) is 0 Å². The number of carbonyl (C=O) groups is 3. The number of hydrogen-bond donors (Lipinski definition) is 1. The van der Waals surface area contributed by atoms with Gasteiger partial charge in [-0.05, 0) is 61.8 Å². The average Bonchev–Trinajstić information content (AvgIpc) is 2.99. The molecule has 2 aromatic rings. The summed E-state index contributed by atoms with van der Waals surface area (Å²) in [6, 6.07) is 11.8. The summed E-state index contributed by atoms with van der Waals surface area (Å²) in [5.41, 5.74) is 2.11. The second-order valence-electron chi connectivity index (χ2n) is 7.35. The summed E-state index contributed by atoms with van der Waals surface area (Å²) >= 11 is 3.35. The summed E-state index contributed by atoms with van der Waals surface area (Å²) in [6.45, 7) is 2.27. The van der Waals surface area contributed by atoms with Crippen LogP contribution in [-0.4, -0.2) is 48.6 Å². The molecule has 1 saturated heterocycles. The highest BCUT2D eigenvalue weighted by molar-refractivity contribution is 9.10. The van der Waals surface area contributed by atoms with Gasteiger partial charge in [0.2, 0.25) is 0 Å². The molecule has 0 radical (unpaired) electrons. The Balaban J connectivity index is 1.45. The molecule has 7 nitrogen and oxygen atoms in total. The molecule has 0 bridgehead atoms. The zero-order chi connectivity index (χ0) is 21.1. The van der Waals surface area contributed by atoms with Crippen molar-refractivity contribution in [3.8, 4) is 0 Å². The predicted molar refractivity (Wildman–Crippen MR) is 119 cm³/mol. The molecule has 0 spiro atoms. The number of Topliss-reactive ketones (excluding diaryl/α,β-unsaturated/α-hetero) is 1. The summed E-state index contributed by atoms with van der Waals surface area (Å²) < 4.78 is 0.941. The number of benzene rings is 2. The highest BCUT2D eigenvalue weighted by Crippen LogP contribution is 2.32. The first kappa shape index (κ1) is 20.4. The topological polar surface area (TPSA) is 82.1 Å². The van der Waals surface area contributed by atoms with Crippen LogP contribution in [0.4, 0.5) is 16.2 Å². The molecule has 0 aliphatic carbocycles. The fourth-order valence-corrected chi connectivity index (χ4v) is 3.92. The molecule has 4 rings (SSSR count). The van der Waals surface area contributed by atoms with E-state index in [9.17, 15) is 14.4 Å². The zero-order valence-corrected chi connectivity index (χ0v) is 17.9. The average molecular weight is 469 g/mol. The Morgan fingerprint density at radius 1 is 1.07 bits per heavy atom. The van der Waals surface area contributed by atoms with Gasteiger partial charge >= 0.3 is 11.9 Å². The van der Waals surface area contributed by atoms with Gasteiger partial charge in [0.05, 0.1) is 17.9 Å². The molecule has 2 heterocycles. The summed E-state index contributed by atoms with van der Waals surface area (Å²) in [5.74, 6) is -1.07. The third kappa shape index (κ3) is 4.49. The molecule has 1 fully saturated rings. The molecular weight excluding hydrogens is 448 g/mol. The van der Waals surface area contributed by atoms with Crippen molar-refractivity contribution in [3.63, 3.8) is 0 Å². The summed E-state index contributed by atoms with van der Waals surface area (Å²) in [5, 5.41) is 2.65. The van der Waals surface area contributed by atoms with Gasteiger partial charge in [0.15, 0.2) is 0 Å². The SMILES string of the molecule is O=C(N=Cc1ccc(Br)cc1)Nc1ccc2c(c1)C(=O)C(=O)N2CN1CCCCC1. The number of urea groups is 1. The fraction of sp³-hybridized carbons (Fsp3) is 0.273. The number of ketones is 1. The predicted octanol–water partition coefficient (Wildman–Crippen LogP) is 4.07. The van der Waals surface area contributed by atoms with Crippen molar-refractivity contribution in [2.75, 3.05) is 30.0 Å². The van der Waals surface area contributed by atoms with Crippen LogP contribution in [0.1, 0.15) is 35.2 Å². The van der Waals surface area contributed by atoms with Gasteiger partial charge in [-0.3, -0.25) is 19.4 Å². The molecule has 0 saturated carbocycles. The summed E-state index contributed by atoms with van der Waals surface area (Å²) in [7, 11) is 0. The standard InChI is InChI=1S/C22H21BrN4O3/c23-16-6-4-15(5-7-16)13-24-22(30)25-17-8-9-19-18(12-17)20(28)21(29)27(19)14-26-10-2-1-3-11-26/h4-9,12-13H,1-3,10-11,14H2,(H,25,30). The van der Waals surface area contributed by atoms with Crippen molar-refractivity contribution < 1.29 is 14.4 Å². The lowest BCUT2D eigenvalue weighted by molar-refractivity contribution is -0.114. The first-order valence-electron chi connectivity index (χ1n) is 9.84. The van der Waals surface area contributed by atoms with Gasteiger partial charge in [0, 0.05) is 16.4 Å². The third-order valence-electron chi connectivity index (χ3n) is 5.21. The quantitative estimate of drug-likeness (QED) is 0.541. The fourth-order valence-electron chi connectivity index (χ4n) is 3.66. The van der Waals surface area contributed by atoms with Crippen LogP contribution >= 0.6 is 15.9 Å². The van der Waals surface area contributed by atoms with Crippen molar-refractivity contribution in [3.05, 3.63) is 58.1 Å². The normalized spacial score (nSPS) is 16.9. The Labute approximate surface area is 182 Å². The number of anilines is 2. The Hall–Kier alpha value is -2.84. The van der Waals surface area contributed by atoms with Gasteiger partial charge in [-0.2, -0.15) is 0 Å². The van der Waals surface area contributed by atoms with Crippen molar-refractivity contribution in [2.45, 2.75) is 19.3 Å². The van der Waals surface area contributed by atoms with Crippen LogP contribution in [0.15, 0.2) is 51.9 Å². The number of carbonyl (C=O) groups excluding carboxylic acids is 3. The molecule has 0 unspecified atom stereocenters. The number of hydrogen-bond acceptors (Lipinski definition) is 4. The van der Waals surface area contributed by atoms with E-state index in [-0.39, 0.29) is 0 Å². The number of aliphatic imine (C=N–C) groups is 1. The van der Waals surface area contributed by atoms with Crippen molar-refractivity contribution >= 4 is 51.2 Å². The minimum atomic E-state index is -0.556. The van der Waals surface area contributed by atoms with E-state index in [1.165, 1.54) is 17.5 Å². The van der Waals surface area contributed by atoms with Crippen molar-refractivity contribution in [1.82, 2.24) is 4.90 Å². The van der Waals surface area contributed by atoms with E-state index >= 15 is 0 Å². The number of nitrogens with zero attached hydrogens (tertiary/aromatic N) is 3. The van der Waals surface area contributed by atoms with Gasteiger partial charge in [-0.1, -0.05) is 34.5 Å². The van der Waals surface area contributed by atoms with Gasteiger partial charge in [-0.25, -0.2) is 9.79 Å². The van der Waals surface area contributed by atoms with E-state index < -0.39 is 17.7 Å². The monoisotopic (exact) mass is 468 g/mol. The first-order chi connectivity index (χ1) is 14.5. The lowest BCUT2D eigenvalue weighted by Gasteiger charge is -2.30.